The first-order chi connectivity index (χ1) is 8.13. The summed E-state index contributed by atoms with van der Waals surface area (Å²) in [5.74, 6) is 1.01. The van der Waals surface area contributed by atoms with Crippen LogP contribution in [0.1, 0.15) is 49.4 Å². The molecule has 1 rings (SSSR count). The van der Waals surface area contributed by atoms with E-state index in [-0.39, 0.29) is 0 Å². The summed E-state index contributed by atoms with van der Waals surface area (Å²) in [5.41, 5.74) is 3.89. The zero-order valence-electron chi connectivity index (χ0n) is 11.8. The highest BCUT2D eigenvalue weighted by molar-refractivity contribution is 5.45. The lowest BCUT2D eigenvalue weighted by Gasteiger charge is -2.22. The van der Waals surface area contributed by atoms with Crippen LogP contribution in [0.3, 0.4) is 0 Å². The molecule has 0 aliphatic heterocycles. The molecule has 0 aliphatic rings. The van der Waals surface area contributed by atoms with E-state index in [4.69, 9.17) is 4.74 Å². The van der Waals surface area contributed by atoms with Gasteiger partial charge in [0.05, 0.1) is 7.11 Å². The smallest absolute Gasteiger partial charge is 0.124 e. The molecule has 0 saturated heterocycles. The zero-order chi connectivity index (χ0) is 12.8. The summed E-state index contributed by atoms with van der Waals surface area (Å²) in [4.78, 5) is 0. The molecule has 1 atom stereocenters. The van der Waals surface area contributed by atoms with Gasteiger partial charge >= 0.3 is 0 Å². The number of hydrogen-bond donors (Lipinski definition) is 1. The summed E-state index contributed by atoms with van der Waals surface area (Å²) in [6.45, 7) is 9.74. The lowest BCUT2D eigenvalue weighted by Crippen LogP contribution is -2.22. The summed E-state index contributed by atoms with van der Waals surface area (Å²) < 4.78 is 5.53. The second-order valence-corrected chi connectivity index (χ2v) is 4.61. The van der Waals surface area contributed by atoms with E-state index in [0.717, 1.165) is 25.1 Å². The fourth-order valence-corrected chi connectivity index (χ4v) is 2.32. The molecular formula is C15H25NO. The van der Waals surface area contributed by atoms with Gasteiger partial charge in [0, 0.05) is 11.6 Å². The Labute approximate surface area is 105 Å². The molecule has 0 amide bonds. The van der Waals surface area contributed by atoms with Crippen molar-refractivity contribution in [3.63, 3.8) is 0 Å². The topological polar surface area (TPSA) is 21.3 Å². The van der Waals surface area contributed by atoms with Crippen LogP contribution in [0, 0.1) is 13.8 Å². The Balaban J connectivity index is 3.08. The molecule has 0 fully saturated rings. The van der Waals surface area contributed by atoms with E-state index in [2.05, 4.69) is 45.1 Å². The van der Waals surface area contributed by atoms with E-state index >= 15 is 0 Å². The lowest BCUT2D eigenvalue weighted by molar-refractivity contribution is 0.395. The van der Waals surface area contributed by atoms with Crippen LogP contribution in [0.5, 0.6) is 5.75 Å². The van der Waals surface area contributed by atoms with Crippen molar-refractivity contribution in [3.8, 4) is 5.75 Å². The van der Waals surface area contributed by atoms with Crippen molar-refractivity contribution in [1.82, 2.24) is 5.32 Å². The van der Waals surface area contributed by atoms with Gasteiger partial charge < -0.3 is 10.1 Å². The minimum Gasteiger partial charge on any atom is -0.496 e. The second kappa shape index (κ2) is 6.65. The molecule has 0 radical (unpaired) electrons. The fourth-order valence-electron chi connectivity index (χ4n) is 2.32. The summed E-state index contributed by atoms with van der Waals surface area (Å²) in [6, 6.07) is 4.75. The normalized spacial score (nSPS) is 12.5. The highest BCUT2D eigenvalue weighted by Crippen LogP contribution is 2.31. The highest BCUT2D eigenvalue weighted by atomic mass is 16.5. The molecule has 0 aromatic heterocycles. The summed E-state index contributed by atoms with van der Waals surface area (Å²) in [6.07, 6.45) is 2.24. The van der Waals surface area contributed by atoms with Crippen LogP contribution in [0.25, 0.3) is 0 Å². The predicted octanol–water partition coefficient (Wildman–Crippen LogP) is 3.76. The number of rotatable bonds is 6. The van der Waals surface area contributed by atoms with Crippen molar-refractivity contribution in [3.05, 3.63) is 28.8 Å². The van der Waals surface area contributed by atoms with Crippen LogP contribution < -0.4 is 10.1 Å². The SMILES string of the molecule is CCCNC(CC)c1c(C)cc(C)cc1OC. The van der Waals surface area contributed by atoms with Gasteiger partial charge in [0.25, 0.3) is 0 Å². The van der Waals surface area contributed by atoms with Gasteiger partial charge in [0.2, 0.25) is 0 Å². The molecule has 0 heterocycles. The fraction of sp³-hybridized carbons (Fsp3) is 0.600. The van der Waals surface area contributed by atoms with Crippen molar-refractivity contribution in [1.29, 1.82) is 0 Å². The van der Waals surface area contributed by atoms with Gasteiger partial charge in [-0.05, 0) is 50.4 Å². The van der Waals surface area contributed by atoms with Crippen LogP contribution in [-0.2, 0) is 0 Å². The van der Waals surface area contributed by atoms with Crippen LogP contribution in [-0.4, -0.2) is 13.7 Å². The largest absolute Gasteiger partial charge is 0.496 e. The molecule has 0 aliphatic carbocycles. The van der Waals surface area contributed by atoms with Gasteiger partial charge in [-0.2, -0.15) is 0 Å². The van der Waals surface area contributed by atoms with Crippen LogP contribution in [0.4, 0.5) is 0 Å². The average molecular weight is 235 g/mol. The molecular weight excluding hydrogens is 210 g/mol. The molecule has 1 N–H and O–H groups in total. The van der Waals surface area contributed by atoms with Crippen molar-refractivity contribution in [2.45, 2.75) is 46.6 Å². The van der Waals surface area contributed by atoms with Crippen LogP contribution >= 0.6 is 0 Å². The zero-order valence-corrected chi connectivity index (χ0v) is 11.8. The van der Waals surface area contributed by atoms with E-state index in [0.29, 0.717) is 6.04 Å². The minimum absolute atomic E-state index is 0.394. The van der Waals surface area contributed by atoms with Gasteiger partial charge in [-0.1, -0.05) is 19.9 Å². The minimum atomic E-state index is 0.394. The Hall–Kier alpha value is -1.02. The predicted molar refractivity (Wildman–Crippen MR) is 73.8 cm³/mol. The van der Waals surface area contributed by atoms with Gasteiger partial charge in [-0.15, -0.1) is 0 Å². The number of benzene rings is 1. The Morgan fingerprint density at radius 3 is 2.47 bits per heavy atom. The molecule has 96 valence electrons. The molecule has 0 saturated carbocycles. The maximum absolute atomic E-state index is 5.53. The van der Waals surface area contributed by atoms with Crippen molar-refractivity contribution >= 4 is 0 Å². The molecule has 1 aromatic carbocycles. The first-order valence-electron chi connectivity index (χ1n) is 6.52. The van der Waals surface area contributed by atoms with E-state index in [9.17, 15) is 0 Å². The quantitative estimate of drug-likeness (QED) is 0.810. The number of methoxy groups -OCH3 is 1. The first kappa shape index (κ1) is 14.0. The summed E-state index contributed by atoms with van der Waals surface area (Å²) in [5, 5.41) is 3.59. The Morgan fingerprint density at radius 1 is 1.24 bits per heavy atom. The van der Waals surface area contributed by atoms with Gasteiger partial charge in [0.1, 0.15) is 5.75 Å². The number of hydrogen-bond acceptors (Lipinski definition) is 2. The van der Waals surface area contributed by atoms with Crippen molar-refractivity contribution in [2.24, 2.45) is 0 Å². The second-order valence-electron chi connectivity index (χ2n) is 4.61. The number of ether oxygens (including phenoxy) is 1. The molecule has 1 aromatic rings. The standard InChI is InChI=1S/C15H25NO/c1-6-8-16-13(7-2)15-12(4)9-11(3)10-14(15)17-5/h9-10,13,16H,6-8H2,1-5H3. The van der Waals surface area contributed by atoms with E-state index in [1.165, 1.54) is 16.7 Å². The molecule has 0 bridgehead atoms. The maximum Gasteiger partial charge on any atom is 0.124 e. The van der Waals surface area contributed by atoms with Gasteiger partial charge in [0.15, 0.2) is 0 Å². The first-order valence-corrected chi connectivity index (χ1v) is 6.52. The third-order valence-electron chi connectivity index (χ3n) is 3.11. The van der Waals surface area contributed by atoms with Gasteiger partial charge in [-0.3, -0.25) is 0 Å². The molecule has 1 unspecified atom stereocenters. The Morgan fingerprint density at radius 2 is 1.94 bits per heavy atom. The lowest BCUT2D eigenvalue weighted by atomic mass is 9.96. The van der Waals surface area contributed by atoms with Crippen LogP contribution in [0.2, 0.25) is 0 Å². The third-order valence-corrected chi connectivity index (χ3v) is 3.11. The molecule has 17 heavy (non-hydrogen) atoms. The van der Waals surface area contributed by atoms with Crippen molar-refractivity contribution < 1.29 is 4.74 Å². The molecule has 0 spiro atoms. The summed E-state index contributed by atoms with van der Waals surface area (Å²) >= 11 is 0. The molecule has 2 heteroatoms. The number of aryl methyl sites for hydroxylation is 2. The number of nitrogens with one attached hydrogen (secondary N) is 1. The monoisotopic (exact) mass is 235 g/mol. The average Bonchev–Trinajstić information content (AvgIpc) is 2.31. The van der Waals surface area contributed by atoms with E-state index in [1.807, 2.05) is 0 Å². The Kier molecular flexibility index (Phi) is 5.49. The molecule has 2 nitrogen and oxygen atoms in total. The van der Waals surface area contributed by atoms with E-state index < -0.39 is 0 Å². The Bertz CT molecular complexity index is 360. The van der Waals surface area contributed by atoms with Crippen molar-refractivity contribution in [2.75, 3.05) is 13.7 Å². The maximum atomic E-state index is 5.53. The summed E-state index contributed by atoms with van der Waals surface area (Å²) in [7, 11) is 1.75. The van der Waals surface area contributed by atoms with Gasteiger partial charge in [-0.25, -0.2) is 0 Å². The van der Waals surface area contributed by atoms with E-state index in [1.54, 1.807) is 7.11 Å². The third kappa shape index (κ3) is 3.47. The highest BCUT2D eigenvalue weighted by Gasteiger charge is 2.16. The van der Waals surface area contributed by atoms with Crippen LogP contribution in [0.15, 0.2) is 12.1 Å².